The maximum absolute atomic E-state index is 13.0. The highest BCUT2D eigenvalue weighted by Crippen LogP contribution is 2.52. The van der Waals surface area contributed by atoms with Crippen LogP contribution in [-0.2, 0) is 14.4 Å². The summed E-state index contributed by atoms with van der Waals surface area (Å²) in [7, 11) is 0. The Labute approximate surface area is 215 Å². The highest BCUT2D eigenvalue weighted by atomic mass is 79.9. The van der Waals surface area contributed by atoms with E-state index in [1.165, 1.54) is 30.5 Å². The van der Waals surface area contributed by atoms with Gasteiger partial charge in [-0.3, -0.25) is 14.4 Å². The van der Waals surface area contributed by atoms with Crippen LogP contribution in [0.15, 0.2) is 58.1 Å². The lowest BCUT2D eigenvalue weighted by atomic mass is 9.85. The Bertz CT molecular complexity index is 1250. The minimum absolute atomic E-state index is 0.115. The van der Waals surface area contributed by atoms with Crippen molar-refractivity contribution in [1.82, 2.24) is 5.01 Å². The molecule has 1 saturated carbocycles. The van der Waals surface area contributed by atoms with Gasteiger partial charge >= 0.3 is 0 Å². The van der Waals surface area contributed by atoms with Crippen LogP contribution in [0.3, 0.4) is 0 Å². The molecule has 4 atom stereocenters. The first-order valence-electron chi connectivity index (χ1n) is 11.6. The number of imide groups is 1. The van der Waals surface area contributed by atoms with E-state index in [0.29, 0.717) is 33.8 Å². The van der Waals surface area contributed by atoms with Crippen molar-refractivity contribution >= 4 is 45.6 Å². The van der Waals surface area contributed by atoms with Gasteiger partial charge in [-0.25, -0.2) is 4.39 Å². The van der Waals surface area contributed by atoms with Gasteiger partial charge < -0.3 is 14.8 Å². The summed E-state index contributed by atoms with van der Waals surface area (Å²) < 4.78 is 25.0. The van der Waals surface area contributed by atoms with E-state index in [-0.39, 0.29) is 42.1 Å². The lowest BCUT2D eigenvalue weighted by Crippen LogP contribution is -2.28. The van der Waals surface area contributed by atoms with Crippen molar-refractivity contribution in [3.05, 3.63) is 64.4 Å². The number of carbonyl (C=O) groups is 3. The largest absolute Gasteiger partial charge is 0.490 e. The Morgan fingerprint density at radius 2 is 1.75 bits per heavy atom. The van der Waals surface area contributed by atoms with Crippen LogP contribution in [0.25, 0.3) is 0 Å². The molecule has 0 aromatic heterocycles. The molecule has 1 heterocycles. The molecule has 1 N–H and O–H groups in total. The number of halogens is 2. The second-order valence-electron chi connectivity index (χ2n) is 8.83. The summed E-state index contributed by atoms with van der Waals surface area (Å²) in [6, 6.07) is 8.68. The lowest BCUT2D eigenvalue weighted by molar-refractivity contribution is -0.140. The summed E-state index contributed by atoms with van der Waals surface area (Å²) in [5.74, 6) is -1.05. The molecule has 0 radical (unpaired) electrons. The average molecular weight is 556 g/mol. The molecule has 1 aliphatic heterocycles. The molecule has 0 unspecified atom stereocenters. The number of amides is 3. The number of hydrazone groups is 1. The van der Waals surface area contributed by atoms with Crippen LogP contribution in [0.2, 0.25) is 0 Å². The molecule has 3 aliphatic rings. The lowest BCUT2D eigenvalue weighted by Gasteiger charge is -2.14. The number of carbonyl (C=O) groups excluding carboxylic acids is 3. The second-order valence-corrected chi connectivity index (χ2v) is 9.68. The zero-order valence-electron chi connectivity index (χ0n) is 19.3. The first kappa shape index (κ1) is 24.2. The van der Waals surface area contributed by atoms with E-state index in [1.807, 2.05) is 19.1 Å². The first-order chi connectivity index (χ1) is 17.4. The van der Waals surface area contributed by atoms with Gasteiger partial charge in [0.15, 0.2) is 18.1 Å². The van der Waals surface area contributed by atoms with E-state index in [1.54, 1.807) is 12.1 Å². The van der Waals surface area contributed by atoms with Gasteiger partial charge in [-0.05, 0) is 77.5 Å². The third-order valence-electron chi connectivity index (χ3n) is 6.61. The van der Waals surface area contributed by atoms with Gasteiger partial charge in [-0.2, -0.15) is 10.1 Å². The van der Waals surface area contributed by atoms with Crippen molar-refractivity contribution in [3.8, 4) is 11.5 Å². The Balaban J connectivity index is 1.28. The van der Waals surface area contributed by atoms with Crippen molar-refractivity contribution in [3.63, 3.8) is 0 Å². The fourth-order valence-electron chi connectivity index (χ4n) is 5.02. The predicted molar refractivity (Wildman–Crippen MR) is 133 cm³/mol. The molecule has 1 saturated heterocycles. The van der Waals surface area contributed by atoms with Gasteiger partial charge in [0.1, 0.15) is 5.82 Å². The Kier molecular flexibility index (Phi) is 6.61. The number of hydrogen-bond acceptors (Lipinski definition) is 6. The maximum atomic E-state index is 13.0. The summed E-state index contributed by atoms with van der Waals surface area (Å²) in [5, 5.41) is 7.83. The topological polar surface area (TPSA) is 97.3 Å². The van der Waals surface area contributed by atoms with Crippen LogP contribution < -0.4 is 14.8 Å². The molecular weight excluding hydrogens is 533 g/mol. The van der Waals surface area contributed by atoms with E-state index in [4.69, 9.17) is 9.47 Å². The zero-order valence-corrected chi connectivity index (χ0v) is 20.9. The normalized spacial score (nSPS) is 24.0. The fraction of sp³-hybridized carbons (Fsp3) is 0.308. The highest BCUT2D eigenvalue weighted by Gasteiger charge is 2.59. The molecule has 3 amide bonds. The molecule has 2 bridgehead atoms. The summed E-state index contributed by atoms with van der Waals surface area (Å²) in [4.78, 5) is 38.0. The Morgan fingerprint density at radius 3 is 2.39 bits per heavy atom. The third kappa shape index (κ3) is 4.53. The van der Waals surface area contributed by atoms with Crippen LogP contribution >= 0.6 is 15.9 Å². The number of rotatable bonds is 8. The number of nitrogens with zero attached hydrogens (tertiary/aromatic N) is 2. The van der Waals surface area contributed by atoms with E-state index in [0.717, 1.165) is 11.4 Å². The average Bonchev–Trinajstić information content (AvgIpc) is 3.54. The molecule has 8 nitrogen and oxygen atoms in total. The summed E-state index contributed by atoms with van der Waals surface area (Å²) in [6.07, 6.45) is 6.36. The van der Waals surface area contributed by atoms with Crippen LogP contribution in [0, 0.1) is 29.5 Å². The number of allylic oxidation sites excluding steroid dienone is 2. The SMILES string of the molecule is CCOc1cc(C=NN2C(=O)[C@@H]3[C@H](C2=O)[C@H]2C=C[C@H]3C2)c(Br)cc1OCC(=O)Nc1ccc(F)cc1. The summed E-state index contributed by atoms with van der Waals surface area (Å²) >= 11 is 3.46. The molecule has 5 rings (SSSR count). The van der Waals surface area contributed by atoms with Crippen molar-refractivity contribution in [2.24, 2.45) is 28.8 Å². The Hall–Kier alpha value is -3.53. The van der Waals surface area contributed by atoms with Crippen LogP contribution in [0.4, 0.5) is 10.1 Å². The number of benzene rings is 2. The molecule has 2 aromatic carbocycles. The number of nitrogens with one attached hydrogen (secondary N) is 1. The molecule has 2 aliphatic carbocycles. The van der Waals surface area contributed by atoms with E-state index < -0.39 is 11.7 Å². The predicted octanol–water partition coefficient (Wildman–Crippen LogP) is 4.15. The van der Waals surface area contributed by atoms with Crippen LogP contribution in [0.5, 0.6) is 11.5 Å². The highest BCUT2D eigenvalue weighted by molar-refractivity contribution is 9.10. The molecule has 36 heavy (non-hydrogen) atoms. The molecule has 2 fully saturated rings. The fourth-order valence-corrected chi connectivity index (χ4v) is 5.45. The van der Waals surface area contributed by atoms with Gasteiger partial charge in [0.25, 0.3) is 17.7 Å². The standard InChI is InChI=1S/C26H23BrFN3O5/c1-2-35-20-10-16(12-29-31-25(33)23-14-3-4-15(9-14)24(23)26(31)34)19(27)11-21(20)36-13-22(32)30-18-7-5-17(28)6-8-18/h3-8,10-12,14-15,23-24H,2,9,13H2,1H3,(H,30,32)/t14-,15-,23-,24+/m0/s1. The monoisotopic (exact) mass is 555 g/mol. The molecule has 0 spiro atoms. The zero-order chi connectivity index (χ0) is 25.4. The quantitative estimate of drug-likeness (QED) is 0.300. The van der Waals surface area contributed by atoms with E-state index in [2.05, 4.69) is 26.3 Å². The van der Waals surface area contributed by atoms with Crippen molar-refractivity contribution < 1.29 is 28.2 Å². The third-order valence-corrected chi connectivity index (χ3v) is 7.30. The van der Waals surface area contributed by atoms with Crippen LogP contribution in [0.1, 0.15) is 18.9 Å². The van der Waals surface area contributed by atoms with Gasteiger partial charge in [-0.15, -0.1) is 0 Å². The molecule has 10 heteroatoms. The second kappa shape index (κ2) is 9.85. The van der Waals surface area contributed by atoms with Crippen molar-refractivity contribution in [2.75, 3.05) is 18.5 Å². The van der Waals surface area contributed by atoms with Gasteiger partial charge in [0.05, 0.1) is 24.7 Å². The molecule has 2 aromatic rings. The van der Waals surface area contributed by atoms with Crippen LogP contribution in [-0.4, -0.2) is 42.2 Å². The maximum Gasteiger partial charge on any atom is 0.262 e. The summed E-state index contributed by atoms with van der Waals surface area (Å²) in [6.45, 7) is 1.86. The number of hydrogen-bond donors (Lipinski definition) is 1. The minimum atomic E-state index is -0.425. The van der Waals surface area contributed by atoms with E-state index >= 15 is 0 Å². The minimum Gasteiger partial charge on any atom is -0.490 e. The number of anilines is 1. The number of ether oxygens (including phenoxy) is 2. The van der Waals surface area contributed by atoms with E-state index in [9.17, 15) is 18.8 Å². The number of fused-ring (bicyclic) bond motifs is 5. The molecule has 186 valence electrons. The van der Waals surface area contributed by atoms with Gasteiger partial charge in [0.2, 0.25) is 0 Å². The van der Waals surface area contributed by atoms with Gasteiger partial charge in [-0.1, -0.05) is 12.2 Å². The van der Waals surface area contributed by atoms with Crippen molar-refractivity contribution in [2.45, 2.75) is 13.3 Å². The van der Waals surface area contributed by atoms with Crippen molar-refractivity contribution in [1.29, 1.82) is 0 Å². The van der Waals surface area contributed by atoms with Gasteiger partial charge in [0, 0.05) is 15.7 Å². The smallest absolute Gasteiger partial charge is 0.262 e. The molecular formula is C26H23BrFN3O5. The Morgan fingerprint density at radius 1 is 1.11 bits per heavy atom. The first-order valence-corrected chi connectivity index (χ1v) is 12.4. The summed E-state index contributed by atoms with van der Waals surface area (Å²) in [5.41, 5.74) is 1.02.